The summed E-state index contributed by atoms with van der Waals surface area (Å²) in [5, 5.41) is 0. The molecule has 0 rings (SSSR count). The van der Waals surface area contributed by atoms with E-state index in [0.29, 0.717) is 0 Å². The Hall–Kier alpha value is -0.900. The summed E-state index contributed by atoms with van der Waals surface area (Å²) in [7, 11) is 1.30. The molecule has 0 aliphatic rings. The van der Waals surface area contributed by atoms with Gasteiger partial charge in [0.25, 0.3) is 0 Å². The molecule has 0 aliphatic carbocycles. The number of carbonyl (C=O) groups is 2. The Morgan fingerprint density at radius 1 is 1.24 bits per heavy atom. The number of carbonyl (C=O) groups excluding carboxylic acids is 2. The van der Waals surface area contributed by atoms with Crippen LogP contribution in [0.4, 0.5) is 0 Å². The molecule has 0 heterocycles. The topological polar surface area (TPSA) is 69.4 Å². The first kappa shape index (κ1) is 16.1. The number of rotatable bonds is 9. The second-order valence-electron chi connectivity index (χ2n) is 4.54. The third-order valence-corrected chi connectivity index (χ3v) is 2.96. The molecular formula is C13H25NO3. The molecule has 2 unspecified atom stereocenters. The van der Waals surface area contributed by atoms with Crippen molar-refractivity contribution in [3.8, 4) is 0 Å². The molecule has 0 aliphatic heterocycles. The lowest BCUT2D eigenvalue weighted by Crippen LogP contribution is -2.36. The molecule has 4 heteroatoms. The van der Waals surface area contributed by atoms with E-state index in [9.17, 15) is 9.59 Å². The van der Waals surface area contributed by atoms with Crippen LogP contribution in [0.15, 0.2) is 0 Å². The van der Waals surface area contributed by atoms with Crippen molar-refractivity contribution in [1.29, 1.82) is 0 Å². The van der Waals surface area contributed by atoms with E-state index in [2.05, 4.69) is 11.7 Å². The Labute approximate surface area is 104 Å². The van der Waals surface area contributed by atoms with Gasteiger partial charge in [0, 0.05) is 5.92 Å². The number of methoxy groups -OCH3 is 1. The van der Waals surface area contributed by atoms with Crippen LogP contribution in [0.3, 0.4) is 0 Å². The molecule has 2 N–H and O–H groups in total. The Bertz CT molecular complexity index is 241. The van der Waals surface area contributed by atoms with E-state index < -0.39 is 12.0 Å². The van der Waals surface area contributed by atoms with Crippen molar-refractivity contribution >= 4 is 11.8 Å². The number of esters is 1. The minimum Gasteiger partial charge on any atom is -0.469 e. The number of hydrogen-bond acceptors (Lipinski definition) is 4. The molecule has 0 aromatic heterocycles. The van der Waals surface area contributed by atoms with Crippen LogP contribution in [-0.2, 0) is 14.3 Å². The first-order valence-electron chi connectivity index (χ1n) is 6.39. The maximum atomic E-state index is 11.8. The van der Waals surface area contributed by atoms with Crippen LogP contribution >= 0.6 is 0 Å². The lowest BCUT2D eigenvalue weighted by Gasteiger charge is -2.15. The molecule has 0 aromatic rings. The Kier molecular flexibility index (Phi) is 8.68. The molecule has 0 radical (unpaired) electrons. The fourth-order valence-electron chi connectivity index (χ4n) is 1.75. The molecule has 0 saturated heterocycles. The van der Waals surface area contributed by atoms with Crippen LogP contribution in [0, 0.1) is 5.92 Å². The summed E-state index contributed by atoms with van der Waals surface area (Å²) in [4.78, 5) is 22.8. The first-order chi connectivity index (χ1) is 8.02. The predicted octanol–water partition coefficient (Wildman–Crippen LogP) is 2.05. The van der Waals surface area contributed by atoms with E-state index in [1.54, 1.807) is 0 Å². The molecule has 4 nitrogen and oxygen atoms in total. The summed E-state index contributed by atoms with van der Waals surface area (Å²) < 4.78 is 4.49. The maximum Gasteiger partial charge on any atom is 0.307 e. The number of unbranched alkanes of at least 4 members (excludes halogenated alkanes) is 3. The summed E-state index contributed by atoms with van der Waals surface area (Å²) in [5.74, 6) is -0.526. The minimum atomic E-state index is -0.719. The second kappa shape index (κ2) is 9.16. The van der Waals surface area contributed by atoms with Gasteiger partial charge in [-0.15, -0.1) is 0 Å². The largest absolute Gasteiger partial charge is 0.469 e. The monoisotopic (exact) mass is 243 g/mol. The third-order valence-electron chi connectivity index (χ3n) is 2.96. The van der Waals surface area contributed by atoms with Gasteiger partial charge in [-0.05, 0) is 6.42 Å². The van der Waals surface area contributed by atoms with Crippen molar-refractivity contribution in [3.63, 3.8) is 0 Å². The van der Waals surface area contributed by atoms with Gasteiger partial charge in [-0.2, -0.15) is 0 Å². The summed E-state index contributed by atoms with van der Waals surface area (Å²) in [6.07, 6.45) is 5.42. The summed E-state index contributed by atoms with van der Waals surface area (Å²) in [5.41, 5.74) is 5.67. The summed E-state index contributed by atoms with van der Waals surface area (Å²) >= 11 is 0. The van der Waals surface area contributed by atoms with E-state index in [-0.39, 0.29) is 18.1 Å². The van der Waals surface area contributed by atoms with E-state index in [1.165, 1.54) is 20.0 Å². The van der Waals surface area contributed by atoms with Crippen LogP contribution in [0.5, 0.6) is 0 Å². The Morgan fingerprint density at radius 3 is 2.41 bits per heavy atom. The lowest BCUT2D eigenvalue weighted by molar-refractivity contribution is -0.142. The van der Waals surface area contributed by atoms with E-state index in [4.69, 9.17) is 5.73 Å². The standard InChI is InChI=1S/C13H25NO3/c1-4-5-6-7-8-10(2)13(16)11(14)9-12(15)17-3/h10-11H,4-9,14H2,1-3H3. The predicted molar refractivity (Wildman–Crippen MR) is 67.5 cm³/mol. The highest BCUT2D eigenvalue weighted by atomic mass is 16.5. The van der Waals surface area contributed by atoms with Crippen LogP contribution in [0.1, 0.15) is 52.4 Å². The van der Waals surface area contributed by atoms with Gasteiger partial charge in [0.1, 0.15) is 0 Å². The number of hydrogen-bond donors (Lipinski definition) is 1. The van der Waals surface area contributed by atoms with E-state index in [0.717, 1.165) is 19.3 Å². The highest BCUT2D eigenvalue weighted by molar-refractivity contribution is 5.89. The molecule has 0 spiro atoms. The lowest BCUT2D eigenvalue weighted by atomic mass is 9.93. The molecule has 0 saturated carbocycles. The SMILES string of the molecule is CCCCCCC(C)C(=O)C(N)CC(=O)OC. The van der Waals surface area contributed by atoms with Gasteiger partial charge in [0.2, 0.25) is 0 Å². The van der Waals surface area contributed by atoms with Crippen molar-refractivity contribution in [2.24, 2.45) is 11.7 Å². The van der Waals surface area contributed by atoms with E-state index in [1.807, 2.05) is 6.92 Å². The second-order valence-corrected chi connectivity index (χ2v) is 4.54. The fourth-order valence-corrected chi connectivity index (χ4v) is 1.75. The van der Waals surface area contributed by atoms with Crippen LogP contribution in [0.25, 0.3) is 0 Å². The summed E-state index contributed by atoms with van der Waals surface area (Å²) in [6, 6.07) is -0.719. The molecule has 0 bridgehead atoms. The third kappa shape index (κ3) is 7.10. The fraction of sp³-hybridized carbons (Fsp3) is 0.846. The molecular weight excluding hydrogens is 218 g/mol. The normalized spacial score (nSPS) is 14.1. The molecule has 0 aromatic carbocycles. The Balaban J connectivity index is 3.90. The average Bonchev–Trinajstić information content (AvgIpc) is 2.33. The molecule has 2 atom stereocenters. The number of Topliss-reactive ketones (excluding diaryl/α,β-unsaturated/α-hetero) is 1. The molecule has 0 fully saturated rings. The van der Waals surface area contributed by atoms with Crippen LogP contribution in [0.2, 0.25) is 0 Å². The Morgan fingerprint density at radius 2 is 1.88 bits per heavy atom. The molecule has 0 amide bonds. The van der Waals surface area contributed by atoms with Gasteiger partial charge in [-0.1, -0.05) is 39.5 Å². The number of ether oxygens (including phenoxy) is 1. The highest BCUT2D eigenvalue weighted by Crippen LogP contribution is 2.13. The van der Waals surface area contributed by atoms with Crippen LogP contribution in [-0.4, -0.2) is 24.9 Å². The average molecular weight is 243 g/mol. The zero-order chi connectivity index (χ0) is 13.3. The van der Waals surface area contributed by atoms with Gasteiger partial charge in [-0.25, -0.2) is 0 Å². The van der Waals surface area contributed by atoms with Gasteiger partial charge < -0.3 is 10.5 Å². The van der Waals surface area contributed by atoms with Crippen molar-refractivity contribution in [1.82, 2.24) is 0 Å². The van der Waals surface area contributed by atoms with Crippen molar-refractivity contribution in [2.45, 2.75) is 58.4 Å². The maximum absolute atomic E-state index is 11.8. The quantitative estimate of drug-likeness (QED) is 0.497. The van der Waals surface area contributed by atoms with Gasteiger partial charge >= 0.3 is 5.97 Å². The number of nitrogens with two attached hydrogens (primary N) is 1. The molecule has 100 valence electrons. The minimum absolute atomic E-state index is 0.0192. The molecule has 17 heavy (non-hydrogen) atoms. The van der Waals surface area contributed by atoms with Crippen LogP contribution < -0.4 is 5.73 Å². The smallest absolute Gasteiger partial charge is 0.307 e. The highest BCUT2D eigenvalue weighted by Gasteiger charge is 2.22. The summed E-state index contributed by atoms with van der Waals surface area (Å²) in [6.45, 7) is 4.03. The van der Waals surface area contributed by atoms with Gasteiger partial charge in [0.15, 0.2) is 5.78 Å². The van der Waals surface area contributed by atoms with Gasteiger partial charge in [-0.3, -0.25) is 9.59 Å². The first-order valence-corrected chi connectivity index (χ1v) is 6.39. The van der Waals surface area contributed by atoms with Gasteiger partial charge in [0.05, 0.1) is 19.6 Å². The zero-order valence-corrected chi connectivity index (χ0v) is 11.2. The number of ketones is 1. The van der Waals surface area contributed by atoms with E-state index >= 15 is 0 Å². The van der Waals surface area contributed by atoms with Crippen molar-refractivity contribution < 1.29 is 14.3 Å². The van der Waals surface area contributed by atoms with Crippen molar-refractivity contribution in [3.05, 3.63) is 0 Å². The van der Waals surface area contributed by atoms with Crippen molar-refractivity contribution in [2.75, 3.05) is 7.11 Å². The zero-order valence-electron chi connectivity index (χ0n) is 11.2.